The number of rotatable bonds is 12. The van der Waals surface area contributed by atoms with E-state index in [1.807, 2.05) is 60.2 Å². The van der Waals surface area contributed by atoms with E-state index >= 15 is 0 Å². The Labute approximate surface area is 245 Å². The number of carbonyl (C=O) groups is 1. The van der Waals surface area contributed by atoms with Crippen molar-refractivity contribution in [1.29, 1.82) is 0 Å². The molecule has 0 spiro atoms. The second kappa shape index (κ2) is 12.8. The molecule has 0 radical (unpaired) electrons. The highest BCUT2D eigenvalue weighted by Gasteiger charge is 2.42. The average Bonchev–Trinajstić information content (AvgIpc) is 3.57. The van der Waals surface area contributed by atoms with Gasteiger partial charge in [-0.3, -0.25) is 9.32 Å². The number of nitrogens with zero attached hydrogens (tertiary/aromatic N) is 3. The monoisotopic (exact) mass is 595 g/mol. The van der Waals surface area contributed by atoms with Gasteiger partial charge in [0.1, 0.15) is 35.8 Å². The van der Waals surface area contributed by atoms with E-state index < -0.39 is 32.0 Å². The second-order valence-electron chi connectivity index (χ2n) is 10.7. The van der Waals surface area contributed by atoms with Crippen molar-refractivity contribution in [3.05, 3.63) is 61.1 Å². The van der Waals surface area contributed by atoms with Gasteiger partial charge in [0.2, 0.25) is 0 Å². The molecule has 0 amide bonds. The first-order valence-corrected chi connectivity index (χ1v) is 15.9. The molecule has 1 saturated heterocycles. The van der Waals surface area contributed by atoms with Gasteiger partial charge >= 0.3 is 13.7 Å². The lowest BCUT2D eigenvalue weighted by molar-refractivity contribution is -0.145. The van der Waals surface area contributed by atoms with Gasteiger partial charge in [0.05, 0.1) is 24.2 Å². The van der Waals surface area contributed by atoms with Gasteiger partial charge in [-0.05, 0) is 44.2 Å². The van der Waals surface area contributed by atoms with Crippen LogP contribution in [0.15, 0.2) is 61.1 Å². The molecular formula is C30H38N5O6P. The zero-order chi connectivity index (χ0) is 29.9. The van der Waals surface area contributed by atoms with Gasteiger partial charge in [0.25, 0.3) is 0 Å². The van der Waals surface area contributed by atoms with Gasteiger partial charge in [0, 0.05) is 17.5 Å². The number of esters is 1. The van der Waals surface area contributed by atoms with Gasteiger partial charge < -0.3 is 24.3 Å². The van der Waals surface area contributed by atoms with Gasteiger partial charge in [-0.25, -0.2) is 14.5 Å². The van der Waals surface area contributed by atoms with Gasteiger partial charge in [-0.1, -0.05) is 56.7 Å². The number of hydrogen-bond acceptors (Lipinski definition) is 9. The van der Waals surface area contributed by atoms with Crippen LogP contribution in [0.5, 0.6) is 5.75 Å². The summed E-state index contributed by atoms with van der Waals surface area (Å²) < 4.78 is 40.4. The molecule has 2 aromatic carbocycles. The molecular weight excluding hydrogens is 557 g/mol. The van der Waals surface area contributed by atoms with Gasteiger partial charge in [-0.2, -0.15) is 5.09 Å². The van der Waals surface area contributed by atoms with E-state index in [-0.39, 0.29) is 18.8 Å². The SMILES string of the molecule is CCCCOC(=O)[C@H](C)NP(=O)(Oc1cccc2ccccc12)OC(C)[C@@H]1C[C@H](C)[C@H](n2ccc3c(N)ncnc32)O1. The minimum Gasteiger partial charge on any atom is -0.465 e. The zero-order valence-corrected chi connectivity index (χ0v) is 25.2. The highest BCUT2D eigenvalue weighted by Crippen LogP contribution is 2.50. The maximum Gasteiger partial charge on any atom is 0.459 e. The summed E-state index contributed by atoms with van der Waals surface area (Å²) in [5.41, 5.74) is 6.71. The van der Waals surface area contributed by atoms with Crippen LogP contribution >= 0.6 is 7.75 Å². The highest BCUT2D eigenvalue weighted by atomic mass is 31.2. The van der Waals surface area contributed by atoms with Crippen molar-refractivity contribution in [2.75, 3.05) is 12.3 Å². The summed E-state index contributed by atoms with van der Waals surface area (Å²) in [7, 11) is -4.12. The molecule has 1 aliphatic rings. The van der Waals surface area contributed by atoms with Crippen molar-refractivity contribution in [1.82, 2.24) is 19.6 Å². The van der Waals surface area contributed by atoms with Gasteiger partial charge in [-0.15, -0.1) is 0 Å². The van der Waals surface area contributed by atoms with Crippen LogP contribution in [-0.2, 0) is 23.4 Å². The van der Waals surface area contributed by atoms with Gasteiger partial charge in [0.15, 0.2) is 0 Å². The number of nitrogens with one attached hydrogen (secondary N) is 1. The third-order valence-corrected chi connectivity index (χ3v) is 9.21. The number of benzene rings is 2. The Balaban J connectivity index is 1.37. The van der Waals surface area contributed by atoms with Crippen LogP contribution in [0.4, 0.5) is 5.82 Å². The van der Waals surface area contributed by atoms with Crippen LogP contribution in [0.3, 0.4) is 0 Å². The third kappa shape index (κ3) is 6.44. The van der Waals surface area contributed by atoms with E-state index in [1.54, 1.807) is 19.9 Å². The minimum absolute atomic E-state index is 0.0895. The first-order valence-electron chi connectivity index (χ1n) is 14.3. The molecule has 1 fully saturated rings. The molecule has 11 nitrogen and oxygen atoms in total. The first-order chi connectivity index (χ1) is 20.2. The number of hydrogen-bond donors (Lipinski definition) is 2. The summed E-state index contributed by atoms with van der Waals surface area (Å²) in [6, 6.07) is 14.0. The number of nitrogen functional groups attached to an aromatic ring is 1. The number of ether oxygens (including phenoxy) is 2. The summed E-state index contributed by atoms with van der Waals surface area (Å²) in [4.78, 5) is 21.2. The lowest BCUT2D eigenvalue weighted by Gasteiger charge is -2.28. The number of carbonyl (C=O) groups excluding carboxylic acids is 1. The topological polar surface area (TPSA) is 140 Å². The molecule has 3 heterocycles. The van der Waals surface area contributed by atoms with E-state index in [0.29, 0.717) is 23.6 Å². The van der Waals surface area contributed by atoms with E-state index in [0.717, 1.165) is 29.0 Å². The molecule has 1 aliphatic heterocycles. The van der Waals surface area contributed by atoms with Crippen LogP contribution in [0.1, 0.15) is 53.2 Å². The maximum atomic E-state index is 14.4. The minimum atomic E-state index is -4.12. The third-order valence-electron chi connectivity index (χ3n) is 7.46. The first kappa shape index (κ1) is 30.0. The lowest BCUT2D eigenvalue weighted by Crippen LogP contribution is -2.37. The highest BCUT2D eigenvalue weighted by molar-refractivity contribution is 7.52. The standard InChI is InChI=1S/C30H38N5O6P/c1-5-6-16-38-30(36)20(3)34-42(37,41-25-13-9-11-22-10-7-8-12-23(22)25)40-21(4)26-17-19(2)29(39-26)35-15-14-24-27(31)32-18-33-28(24)35/h7-15,18-21,26,29H,5-6,16-17H2,1-4H3,(H,34,37)(H2,31,32,33)/t19-,20-,21?,26-,29+,42?/m0/s1. The number of aromatic nitrogens is 3. The van der Waals surface area contributed by atoms with Crippen molar-refractivity contribution in [3.8, 4) is 5.75 Å². The summed E-state index contributed by atoms with van der Waals surface area (Å²) in [6.07, 6.45) is 4.16. The predicted octanol–water partition coefficient (Wildman–Crippen LogP) is 6.00. The molecule has 5 rings (SSSR count). The number of fused-ring (bicyclic) bond motifs is 2. The Morgan fingerprint density at radius 1 is 1.17 bits per heavy atom. The number of unbranched alkanes of at least 4 members (excludes halogenated alkanes) is 1. The number of anilines is 1. The molecule has 6 atom stereocenters. The molecule has 4 aromatic rings. The number of nitrogens with two attached hydrogens (primary N) is 1. The van der Waals surface area contributed by atoms with Crippen LogP contribution in [0.2, 0.25) is 0 Å². The van der Waals surface area contributed by atoms with Crippen molar-refractivity contribution in [2.24, 2.45) is 5.92 Å². The Morgan fingerprint density at radius 3 is 2.76 bits per heavy atom. The quantitative estimate of drug-likeness (QED) is 0.114. The normalized spacial score (nSPS) is 21.7. The van der Waals surface area contributed by atoms with Crippen LogP contribution in [0, 0.1) is 5.92 Å². The molecule has 0 bridgehead atoms. The van der Waals surface area contributed by atoms with E-state index in [9.17, 15) is 9.36 Å². The summed E-state index contributed by atoms with van der Waals surface area (Å²) >= 11 is 0. The molecule has 2 unspecified atom stereocenters. The van der Waals surface area contributed by atoms with Crippen molar-refractivity contribution < 1.29 is 27.9 Å². The molecule has 3 N–H and O–H groups in total. The largest absolute Gasteiger partial charge is 0.465 e. The Morgan fingerprint density at radius 2 is 1.95 bits per heavy atom. The molecule has 0 aliphatic carbocycles. The molecule has 224 valence electrons. The second-order valence-corrected chi connectivity index (χ2v) is 12.4. The van der Waals surface area contributed by atoms with Crippen molar-refractivity contribution in [3.63, 3.8) is 0 Å². The maximum absolute atomic E-state index is 14.4. The summed E-state index contributed by atoms with van der Waals surface area (Å²) in [5.74, 6) is 0.328. The van der Waals surface area contributed by atoms with Crippen molar-refractivity contribution in [2.45, 2.75) is 71.4 Å². The fourth-order valence-electron chi connectivity index (χ4n) is 5.19. The summed E-state index contributed by atoms with van der Waals surface area (Å²) in [6.45, 7) is 7.74. The molecule has 0 saturated carbocycles. The Hall–Kier alpha value is -3.50. The van der Waals surface area contributed by atoms with E-state index in [2.05, 4.69) is 22.0 Å². The molecule has 2 aromatic heterocycles. The molecule has 42 heavy (non-hydrogen) atoms. The lowest BCUT2D eigenvalue weighted by atomic mass is 10.0. The summed E-state index contributed by atoms with van der Waals surface area (Å²) in [5, 5.41) is 5.25. The van der Waals surface area contributed by atoms with Crippen LogP contribution < -0.4 is 15.3 Å². The smallest absolute Gasteiger partial charge is 0.459 e. The zero-order valence-electron chi connectivity index (χ0n) is 24.3. The van der Waals surface area contributed by atoms with E-state index in [4.69, 9.17) is 24.3 Å². The fraction of sp³-hybridized carbons (Fsp3) is 0.433. The van der Waals surface area contributed by atoms with Crippen LogP contribution in [-0.4, -0.2) is 45.4 Å². The predicted molar refractivity (Wildman–Crippen MR) is 161 cm³/mol. The van der Waals surface area contributed by atoms with Crippen LogP contribution in [0.25, 0.3) is 21.8 Å². The Kier molecular flexibility index (Phi) is 9.13. The Bertz CT molecular complexity index is 1590. The van der Waals surface area contributed by atoms with Crippen molar-refractivity contribution >= 4 is 41.3 Å². The van der Waals surface area contributed by atoms with E-state index in [1.165, 1.54) is 6.33 Å². The molecule has 12 heteroatoms. The average molecular weight is 596 g/mol. The fourth-order valence-corrected chi connectivity index (χ4v) is 6.92.